The molecule has 2 fully saturated rings. The van der Waals surface area contributed by atoms with Gasteiger partial charge in [0.1, 0.15) is 0 Å². The summed E-state index contributed by atoms with van der Waals surface area (Å²) in [6.45, 7) is 7.02. The SMILES string of the molecule is CCC(CC)C(=O)N1CCN(C(=O)CCC2CCCCC2)CC1. The van der Waals surface area contributed by atoms with Crippen LogP contribution in [0.2, 0.25) is 0 Å². The fourth-order valence-electron chi connectivity index (χ4n) is 4.03. The van der Waals surface area contributed by atoms with Crippen LogP contribution in [0.15, 0.2) is 0 Å². The molecule has 4 nitrogen and oxygen atoms in total. The molecule has 1 aliphatic heterocycles. The third kappa shape index (κ3) is 5.22. The maximum Gasteiger partial charge on any atom is 0.225 e. The minimum atomic E-state index is 0.156. The number of rotatable bonds is 6. The van der Waals surface area contributed by atoms with Crippen molar-refractivity contribution < 1.29 is 9.59 Å². The highest BCUT2D eigenvalue weighted by atomic mass is 16.2. The molecule has 2 aliphatic rings. The van der Waals surface area contributed by atoms with E-state index in [-0.39, 0.29) is 11.8 Å². The van der Waals surface area contributed by atoms with Gasteiger partial charge in [0, 0.05) is 38.5 Å². The van der Waals surface area contributed by atoms with Gasteiger partial charge in [-0.05, 0) is 25.2 Å². The molecule has 0 aromatic carbocycles. The lowest BCUT2D eigenvalue weighted by atomic mass is 9.86. The molecular weight excluding hydrogens is 288 g/mol. The second-order valence-electron chi connectivity index (χ2n) is 7.26. The van der Waals surface area contributed by atoms with Crippen molar-refractivity contribution in [3.63, 3.8) is 0 Å². The van der Waals surface area contributed by atoms with Crippen LogP contribution in [0, 0.1) is 11.8 Å². The van der Waals surface area contributed by atoms with Crippen LogP contribution in [0.5, 0.6) is 0 Å². The largest absolute Gasteiger partial charge is 0.339 e. The first kappa shape index (κ1) is 18.3. The molecule has 0 aromatic rings. The van der Waals surface area contributed by atoms with Crippen LogP contribution >= 0.6 is 0 Å². The van der Waals surface area contributed by atoms with Gasteiger partial charge in [-0.15, -0.1) is 0 Å². The van der Waals surface area contributed by atoms with Crippen LogP contribution in [0.3, 0.4) is 0 Å². The summed E-state index contributed by atoms with van der Waals surface area (Å²) < 4.78 is 0. The van der Waals surface area contributed by atoms with Gasteiger partial charge < -0.3 is 9.80 Å². The fourth-order valence-corrected chi connectivity index (χ4v) is 4.03. The second-order valence-corrected chi connectivity index (χ2v) is 7.26. The number of hydrogen-bond donors (Lipinski definition) is 0. The quantitative estimate of drug-likeness (QED) is 0.751. The molecule has 0 unspecified atom stereocenters. The molecule has 0 bridgehead atoms. The summed E-state index contributed by atoms with van der Waals surface area (Å²) in [6, 6.07) is 0. The Balaban J connectivity index is 1.70. The van der Waals surface area contributed by atoms with E-state index in [1.54, 1.807) is 0 Å². The highest BCUT2D eigenvalue weighted by Gasteiger charge is 2.27. The maximum atomic E-state index is 12.4. The van der Waals surface area contributed by atoms with Crippen molar-refractivity contribution in [2.24, 2.45) is 11.8 Å². The molecule has 2 amide bonds. The monoisotopic (exact) mass is 322 g/mol. The van der Waals surface area contributed by atoms with E-state index in [9.17, 15) is 9.59 Å². The molecule has 1 heterocycles. The van der Waals surface area contributed by atoms with E-state index in [0.29, 0.717) is 25.4 Å². The molecule has 0 aromatic heterocycles. The van der Waals surface area contributed by atoms with Gasteiger partial charge in [-0.1, -0.05) is 46.0 Å². The molecule has 0 atom stereocenters. The molecular formula is C19H34N2O2. The molecule has 4 heteroatoms. The Morgan fingerprint density at radius 3 is 2.04 bits per heavy atom. The lowest BCUT2D eigenvalue weighted by Crippen LogP contribution is -2.51. The highest BCUT2D eigenvalue weighted by molar-refractivity contribution is 5.80. The van der Waals surface area contributed by atoms with E-state index >= 15 is 0 Å². The predicted octanol–water partition coefficient (Wildman–Crippen LogP) is 3.45. The summed E-state index contributed by atoms with van der Waals surface area (Å²) in [5.41, 5.74) is 0. The van der Waals surface area contributed by atoms with Crippen LogP contribution in [0.4, 0.5) is 0 Å². The summed E-state index contributed by atoms with van der Waals surface area (Å²) in [4.78, 5) is 28.7. The van der Waals surface area contributed by atoms with Crippen LogP contribution in [-0.4, -0.2) is 47.8 Å². The fraction of sp³-hybridized carbons (Fsp3) is 0.895. The van der Waals surface area contributed by atoms with Crippen molar-refractivity contribution >= 4 is 11.8 Å². The van der Waals surface area contributed by atoms with Crippen molar-refractivity contribution in [2.45, 2.75) is 71.6 Å². The zero-order valence-corrected chi connectivity index (χ0v) is 15.1. The lowest BCUT2D eigenvalue weighted by Gasteiger charge is -2.36. The summed E-state index contributed by atoms with van der Waals surface area (Å²) in [7, 11) is 0. The van der Waals surface area contributed by atoms with Crippen LogP contribution < -0.4 is 0 Å². The predicted molar refractivity (Wildman–Crippen MR) is 93.0 cm³/mol. The minimum absolute atomic E-state index is 0.156. The Hall–Kier alpha value is -1.06. The highest BCUT2D eigenvalue weighted by Crippen LogP contribution is 2.27. The van der Waals surface area contributed by atoms with E-state index in [1.807, 2.05) is 9.80 Å². The van der Waals surface area contributed by atoms with Gasteiger partial charge in [0.15, 0.2) is 0 Å². The van der Waals surface area contributed by atoms with Crippen molar-refractivity contribution in [3.05, 3.63) is 0 Å². The Morgan fingerprint density at radius 2 is 1.48 bits per heavy atom. The molecule has 0 N–H and O–H groups in total. The molecule has 0 radical (unpaired) electrons. The first-order valence-electron chi connectivity index (χ1n) is 9.72. The standard InChI is InChI=1S/C19H34N2O2/c1-3-17(4-2)19(23)21-14-12-20(13-15-21)18(22)11-10-16-8-6-5-7-9-16/h16-17H,3-15H2,1-2H3. The van der Waals surface area contributed by atoms with Crippen LogP contribution in [-0.2, 0) is 9.59 Å². The Morgan fingerprint density at radius 1 is 0.913 bits per heavy atom. The smallest absolute Gasteiger partial charge is 0.225 e. The number of carbonyl (C=O) groups excluding carboxylic acids is 2. The molecule has 2 rings (SSSR count). The normalized spacial score (nSPS) is 20.1. The topological polar surface area (TPSA) is 40.6 Å². The summed E-state index contributed by atoms with van der Waals surface area (Å²) in [5.74, 6) is 1.50. The van der Waals surface area contributed by atoms with Gasteiger partial charge in [-0.3, -0.25) is 9.59 Å². The third-order valence-electron chi connectivity index (χ3n) is 5.77. The van der Waals surface area contributed by atoms with Gasteiger partial charge in [-0.25, -0.2) is 0 Å². The molecule has 1 saturated carbocycles. The Labute approximate surface area is 141 Å². The molecule has 1 saturated heterocycles. The van der Waals surface area contributed by atoms with Crippen molar-refractivity contribution in [3.8, 4) is 0 Å². The second kappa shape index (κ2) is 9.29. The summed E-state index contributed by atoms with van der Waals surface area (Å²) >= 11 is 0. The molecule has 132 valence electrons. The average molecular weight is 322 g/mol. The lowest BCUT2D eigenvalue weighted by molar-refractivity contribution is -0.142. The first-order chi connectivity index (χ1) is 11.2. The minimum Gasteiger partial charge on any atom is -0.339 e. The summed E-state index contributed by atoms with van der Waals surface area (Å²) in [5, 5.41) is 0. The number of nitrogens with zero attached hydrogens (tertiary/aromatic N) is 2. The molecule has 0 spiro atoms. The summed E-state index contributed by atoms with van der Waals surface area (Å²) in [6.07, 6.45) is 10.3. The van der Waals surface area contributed by atoms with Gasteiger partial charge in [0.2, 0.25) is 11.8 Å². The van der Waals surface area contributed by atoms with Gasteiger partial charge in [0.25, 0.3) is 0 Å². The van der Waals surface area contributed by atoms with E-state index in [4.69, 9.17) is 0 Å². The van der Waals surface area contributed by atoms with Gasteiger partial charge >= 0.3 is 0 Å². The number of carbonyl (C=O) groups is 2. The van der Waals surface area contributed by atoms with Crippen molar-refractivity contribution in [1.29, 1.82) is 0 Å². The average Bonchev–Trinajstić information content (AvgIpc) is 2.61. The molecule has 1 aliphatic carbocycles. The third-order valence-corrected chi connectivity index (χ3v) is 5.77. The zero-order valence-electron chi connectivity index (χ0n) is 15.1. The van der Waals surface area contributed by atoms with Crippen LogP contribution in [0.25, 0.3) is 0 Å². The molecule has 23 heavy (non-hydrogen) atoms. The zero-order chi connectivity index (χ0) is 16.7. The number of amides is 2. The van der Waals surface area contributed by atoms with E-state index in [0.717, 1.165) is 38.3 Å². The van der Waals surface area contributed by atoms with E-state index in [1.165, 1.54) is 32.1 Å². The number of hydrogen-bond acceptors (Lipinski definition) is 2. The Kier molecular flexibility index (Phi) is 7.38. The van der Waals surface area contributed by atoms with Crippen molar-refractivity contribution in [2.75, 3.05) is 26.2 Å². The van der Waals surface area contributed by atoms with E-state index in [2.05, 4.69) is 13.8 Å². The Bertz CT molecular complexity index is 379. The van der Waals surface area contributed by atoms with Gasteiger partial charge in [0.05, 0.1) is 0 Å². The maximum absolute atomic E-state index is 12.4. The van der Waals surface area contributed by atoms with Gasteiger partial charge in [-0.2, -0.15) is 0 Å². The first-order valence-corrected chi connectivity index (χ1v) is 9.72. The van der Waals surface area contributed by atoms with E-state index < -0.39 is 0 Å². The van der Waals surface area contributed by atoms with Crippen molar-refractivity contribution in [1.82, 2.24) is 9.80 Å². The van der Waals surface area contributed by atoms with Crippen LogP contribution in [0.1, 0.15) is 71.6 Å². The number of piperazine rings is 1.